The van der Waals surface area contributed by atoms with Gasteiger partial charge in [0.2, 0.25) is 0 Å². The van der Waals surface area contributed by atoms with E-state index in [1.54, 1.807) is 0 Å². The normalized spacial score (nSPS) is 10.3. The molecule has 0 aliphatic rings. The van der Waals surface area contributed by atoms with Crippen LogP contribution in [-0.4, -0.2) is 26.7 Å². The minimum absolute atomic E-state index is 1.06. The molecule has 0 bridgehead atoms. The highest BCUT2D eigenvalue weighted by molar-refractivity contribution is 5.47. The lowest BCUT2D eigenvalue weighted by molar-refractivity contribution is 0.667. The van der Waals surface area contributed by atoms with E-state index in [1.807, 2.05) is 0 Å². The van der Waals surface area contributed by atoms with Gasteiger partial charge < -0.3 is 10.2 Å². The van der Waals surface area contributed by atoms with Gasteiger partial charge in [0.15, 0.2) is 0 Å². The molecule has 0 aromatic heterocycles. The Bertz CT molecular complexity index is 284. The number of benzene rings is 1. The Balaban J connectivity index is 2.36. The molecular formula is C13H22N2. The largest absolute Gasteiger partial charge is 0.375 e. The van der Waals surface area contributed by atoms with E-state index in [9.17, 15) is 0 Å². The van der Waals surface area contributed by atoms with Gasteiger partial charge in [-0.05, 0) is 44.1 Å². The minimum Gasteiger partial charge on any atom is -0.375 e. The molecule has 84 valence electrons. The quantitative estimate of drug-likeness (QED) is 0.719. The molecule has 0 unspecified atom stereocenters. The van der Waals surface area contributed by atoms with Crippen LogP contribution in [0.4, 0.5) is 5.69 Å². The molecule has 0 radical (unpaired) electrons. The Kier molecular flexibility index (Phi) is 5.19. The van der Waals surface area contributed by atoms with Gasteiger partial charge in [0.25, 0.3) is 0 Å². The van der Waals surface area contributed by atoms with Gasteiger partial charge in [0.05, 0.1) is 0 Å². The van der Waals surface area contributed by atoms with Crippen LogP contribution in [0.3, 0.4) is 0 Å². The highest BCUT2D eigenvalue weighted by atomic mass is 15.1. The van der Waals surface area contributed by atoms with Crippen LogP contribution in [-0.2, 0) is 0 Å². The van der Waals surface area contributed by atoms with Crippen LogP contribution < -0.4 is 10.2 Å². The van der Waals surface area contributed by atoms with Crippen LogP contribution in [0.25, 0.3) is 0 Å². The van der Waals surface area contributed by atoms with E-state index in [-0.39, 0.29) is 0 Å². The summed E-state index contributed by atoms with van der Waals surface area (Å²) < 4.78 is 0. The van der Waals surface area contributed by atoms with Gasteiger partial charge in [-0.2, -0.15) is 0 Å². The predicted molar refractivity (Wildman–Crippen MR) is 67.6 cm³/mol. The fourth-order valence-corrected chi connectivity index (χ4v) is 1.61. The number of nitrogens with zero attached hydrogens (tertiary/aromatic N) is 1. The third kappa shape index (κ3) is 4.34. The lowest BCUT2D eigenvalue weighted by atomic mass is 10.2. The van der Waals surface area contributed by atoms with Crippen LogP contribution in [0.15, 0.2) is 24.3 Å². The smallest absolute Gasteiger partial charge is 0.0366 e. The molecule has 0 atom stereocenters. The number of nitrogens with one attached hydrogen (secondary N) is 1. The first kappa shape index (κ1) is 12.1. The van der Waals surface area contributed by atoms with E-state index in [4.69, 9.17) is 0 Å². The second kappa shape index (κ2) is 6.46. The zero-order valence-corrected chi connectivity index (χ0v) is 10.1. The standard InChI is InChI=1S/C13H22N2/c1-4-14-9-6-10-15(3)13-8-5-7-12(2)11-13/h5,7-8,11,14H,4,6,9-10H2,1-3H3. The second-order valence-electron chi connectivity index (χ2n) is 3.97. The van der Waals surface area contributed by atoms with Gasteiger partial charge in [-0.1, -0.05) is 19.1 Å². The summed E-state index contributed by atoms with van der Waals surface area (Å²) in [5, 5.41) is 3.34. The van der Waals surface area contributed by atoms with Gasteiger partial charge in [0.1, 0.15) is 0 Å². The van der Waals surface area contributed by atoms with Gasteiger partial charge in [0, 0.05) is 19.3 Å². The highest BCUT2D eigenvalue weighted by Crippen LogP contribution is 2.13. The van der Waals surface area contributed by atoms with Crippen molar-refractivity contribution in [3.8, 4) is 0 Å². The third-order valence-corrected chi connectivity index (χ3v) is 2.54. The van der Waals surface area contributed by atoms with Crippen molar-refractivity contribution in [1.82, 2.24) is 5.32 Å². The minimum atomic E-state index is 1.06. The SMILES string of the molecule is CCNCCCN(C)c1cccc(C)c1. The lowest BCUT2D eigenvalue weighted by Crippen LogP contribution is -2.23. The average Bonchev–Trinajstić information content (AvgIpc) is 2.24. The highest BCUT2D eigenvalue weighted by Gasteiger charge is 1.99. The van der Waals surface area contributed by atoms with E-state index < -0.39 is 0 Å². The van der Waals surface area contributed by atoms with E-state index >= 15 is 0 Å². The molecule has 0 saturated heterocycles. The Morgan fingerprint density at radius 1 is 1.33 bits per heavy atom. The van der Waals surface area contributed by atoms with Crippen LogP contribution in [0.5, 0.6) is 0 Å². The summed E-state index contributed by atoms with van der Waals surface area (Å²) in [5.74, 6) is 0. The van der Waals surface area contributed by atoms with Crippen molar-refractivity contribution >= 4 is 5.69 Å². The first-order valence-electron chi connectivity index (χ1n) is 5.72. The first-order chi connectivity index (χ1) is 7.24. The fraction of sp³-hybridized carbons (Fsp3) is 0.538. The van der Waals surface area contributed by atoms with Crippen molar-refractivity contribution in [2.75, 3.05) is 31.6 Å². The third-order valence-electron chi connectivity index (χ3n) is 2.54. The molecule has 0 saturated carbocycles. The van der Waals surface area contributed by atoms with Crippen molar-refractivity contribution in [1.29, 1.82) is 0 Å². The van der Waals surface area contributed by atoms with Crippen molar-refractivity contribution in [2.45, 2.75) is 20.3 Å². The summed E-state index contributed by atoms with van der Waals surface area (Å²) in [7, 11) is 2.15. The van der Waals surface area contributed by atoms with Crippen LogP contribution >= 0.6 is 0 Å². The van der Waals surface area contributed by atoms with E-state index in [0.29, 0.717) is 0 Å². The number of hydrogen-bond donors (Lipinski definition) is 1. The molecule has 0 aliphatic carbocycles. The molecule has 0 aliphatic heterocycles. The number of aryl methyl sites for hydroxylation is 1. The summed E-state index contributed by atoms with van der Waals surface area (Å²) in [6.07, 6.45) is 1.19. The second-order valence-corrected chi connectivity index (χ2v) is 3.97. The van der Waals surface area contributed by atoms with Crippen molar-refractivity contribution in [2.24, 2.45) is 0 Å². The topological polar surface area (TPSA) is 15.3 Å². The molecule has 1 N–H and O–H groups in total. The molecule has 1 aromatic rings. The molecular weight excluding hydrogens is 184 g/mol. The Morgan fingerprint density at radius 2 is 2.13 bits per heavy atom. The molecule has 1 rings (SSSR count). The summed E-state index contributed by atoms with van der Waals surface area (Å²) in [5.41, 5.74) is 2.64. The molecule has 0 heterocycles. The van der Waals surface area contributed by atoms with Gasteiger partial charge in [-0.3, -0.25) is 0 Å². The van der Waals surface area contributed by atoms with Crippen molar-refractivity contribution < 1.29 is 0 Å². The monoisotopic (exact) mass is 206 g/mol. The average molecular weight is 206 g/mol. The van der Waals surface area contributed by atoms with Crippen molar-refractivity contribution in [3.63, 3.8) is 0 Å². The van der Waals surface area contributed by atoms with Crippen LogP contribution in [0, 0.1) is 6.92 Å². The van der Waals surface area contributed by atoms with Gasteiger partial charge >= 0.3 is 0 Å². The fourth-order valence-electron chi connectivity index (χ4n) is 1.61. The van der Waals surface area contributed by atoms with E-state index in [1.165, 1.54) is 17.7 Å². The Morgan fingerprint density at radius 3 is 2.80 bits per heavy atom. The maximum atomic E-state index is 3.34. The zero-order chi connectivity index (χ0) is 11.1. The van der Waals surface area contributed by atoms with Crippen molar-refractivity contribution in [3.05, 3.63) is 29.8 Å². The maximum absolute atomic E-state index is 3.34. The summed E-state index contributed by atoms with van der Waals surface area (Å²) in [4.78, 5) is 2.31. The summed E-state index contributed by atoms with van der Waals surface area (Å²) in [6.45, 7) is 7.55. The van der Waals surface area contributed by atoms with Crippen LogP contribution in [0.2, 0.25) is 0 Å². The Labute approximate surface area is 93.3 Å². The number of rotatable bonds is 6. The Hall–Kier alpha value is -1.02. The lowest BCUT2D eigenvalue weighted by Gasteiger charge is -2.19. The van der Waals surface area contributed by atoms with Crippen LogP contribution in [0.1, 0.15) is 18.9 Å². The summed E-state index contributed by atoms with van der Waals surface area (Å²) in [6, 6.07) is 8.65. The molecule has 2 heteroatoms. The van der Waals surface area contributed by atoms with Gasteiger partial charge in [-0.25, -0.2) is 0 Å². The predicted octanol–water partition coefficient (Wildman–Crippen LogP) is 2.43. The molecule has 0 amide bonds. The molecule has 0 spiro atoms. The molecule has 0 fully saturated rings. The molecule has 2 nitrogen and oxygen atoms in total. The molecule has 15 heavy (non-hydrogen) atoms. The zero-order valence-electron chi connectivity index (χ0n) is 10.1. The van der Waals surface area contributed by atoms with E-state index in [2.05, 4.69) is 55.4 Å². The number of hydrogen-bond acceptors (Lipinski definition) is 2. The first-order valence-corrected chi connectivity index (χ1v) is 5.72. The van der Waals surface area contributed by atoms with E-state index in [0.717, 1.165) is 19.6 Å². The molecule has 1 aromatic carbocycles. The maximum Gasteiger partial charge on any atom is 0.0366 e. The number of anilines is 1. The van der Waals surface area contributed by atoms with Gasteiger partial charge in [-0.15, -0.1) is 0 Å². The summed E-state index contributed by atoms with van der Waals surface area (Å²) >= 11 is 0.